The Balaban J connectivity index is 0.00000462. The Morgan fingerprint density at radius 3 is 1.12 bits per heavy atom. The second-order valence-corrected chi connectivity index (χ2v) is 29.3. The molecule has 0 spiro atoms. The van der Waals surface area contributed by atoms with Gasteiger partial charge in [-0.15, -0.1) is 0 Å². The first kappa shape index (κ1) is 54.9. The summed E-state index contributed by atoms with van der Waals surface area (Å²) >= 11 is -3.76. The van der Waals surface area contributed by atoms with E-state index in [1.807, 2.05) is 0 Å². The summed E-state index contributed by atoms with van der Waals surface area (Å²) in [6.07, 6.45) is -2.46. The summed E-state index contributed by atoms with van der Waals surface area (Å²) in [7, 11) is 0. The molecular weight excluding hydrogens is 949 g/mol. The van der Waals surface area contributed by atoms with Gasteiger partial charge in [0.25, 0.3) is 0 Å². The molecule has 4 aromatic rings. The molecule has 1 unspecified atom stereocenters. The van der Waals surface area contributed by atoms with E-state index < -0.39 is 44.7 Å². The molecule has 0 saturated heterocycles. The van der Waals surface area contributed by atoms with Gasteiger partial charge in [0.1, 0.15) is 0 Å². The predicted octanol–water partition coefficient (Wildman–Crippen LogP) is 11.2. The fourth-order valence-corrected chi connectivity index (χ4v) is 19.2. The molecule has 0 aliphatic heterocycles. The van der Waals surface area contributed by atoms with Crippen LogP contribution in [0.15, 0.2) is 93.8 Å². The minimum absolute atomic E-state index is 0. The van der Waals surface area contributed by atoms with E-state index in [4.69, 9.17) is 0 Å². The number of fused-ring (bicyclic) bond motifs is 3. The van der Waals surface area contributed by atoms with E-state index in [-0.39, 0.29) is 61.4 Å². The topological polar surface area (TPSA) is 0 Å². The Bertz CT molecular complexity index is 2340. The van der Waals surface area contributed by atoms with E-state index in [2.05, 4.69) is 147 Å². The van der Waals surface area contributed by atoms with Crippen molar-refractivity contribution in [1.82, 2.24) is 0 Å². The van der Waals surface area contributed by atoms with Gasteiger partial charge in [0, 0.05) is 0 Å². The molecule has 4 aromatic carbocycles. The smallest absolute Gasteiger partial charge is 1.00 e. The molecule has 65 heavy (non-hydrogen) atoms. The average molecular weight is 1020 g/mol. The van der Waals surface area contributed by atoms with Crippen LogP contribution >= 0.6 is 0 Å². The largest absolute Gasteiger partial charge is 1.00 e. The van der Waals surface area contributed by atoms with Crippen LogP contribution in [0.25, 0.3) is 11.1 Å². The molecule has 1 atom stereocenters. The standard InChI is InChI=1S/C29H41.C15H8F6.C12H19.2ClH.Zr/c1-26(2,3)22-14-18-13-19-15-23(27(4,5)6)25(29(10,11)12)17-21(19)20(18)16-24(22)28(7,8)9;16-14(17,18)12-5-1-10(2-6-12)9-11-3-7-13(8-4-11)15(19,20)21;1-5-6-10-7-8-11(9-10)12(2,3)4;;;/h13-17H,1-12H3;1-8H;8-10H,5-6H2,1-4H3;2*1H;/q;;;;;+2/p-2. The molecule has 0 N–H and O–H groups in total. The van der Waals surface area contributed by atoms with E-state index in [1.54, 1.807) is 24.3 Å². The Morgan fingerprint density at radius 1 is 0.492 bits per heavy atom. The summed E-state index contributed by atoms with van der Waals surface area (Å²) in [4.78, 5) is 0. The zero-order chi connectivity index (χ0) is 47.2. The van der Waals surface area contributed by atoms with Gasteiger partial charge < -0.3 is 24.8 Å². The molecule has 352 valence electrons. The Labute approximate surface area is 406 Å². The molecule has 0 aromatic heterocycles. The normalized spacial score (nSPS) is 15.9. The second kappa shape index (κ2) is 18.6. The predicted molar refractivity (Wildman–Crippen MR) is 249 cm³/mol. The number of benzene rings is 4. The van der Waals surface area contributed by atoms with Crippen LogP contribution in [0.2, 0.25) is 0 Å². The molecule has 0 amide bonds. The van der Waals surface area contributed by atoms with Crippen LogP contribution in [0.3, 0.4) is 0 Å². The van der Waals surface area contributed by atoms with Crippen LogP contribution in [-0.2, 0) is 55.3 Å². The van der Waals surface area contributed by atoms with Crippen LogP contribution in [0.4, 0.5) is 26.3 Å². The van der Waals surface area contributed by atoms with Crippen molar-refractivity contribution in [2.75, 3.05) is 0 Å². The maximum absolute atomic E-state index is 14.3. The third kappa shape index (κ3) is 11.3. The molecule has 2 aliphatic carbocycles. The molecule has 9 heteroatoms. The van der Waals surface area contributed by atoms with E-state index in [9.17, 15) is 26.3 Å². The van der Waals surface area contributed by atoms with Crippen molar-refractivity contribution < 1.29 is 72.4 Å². The zero-order valence-corrected chi connectivity index (χ0v) is 45.1. The van der Waals surface area contributed by atoms with Crippen LogP contribution in [-0.4, -0.2) is 3.21 Å². The summed E-state index contributed by atoms with van der Waals surface area (Å²) < 4.78 is 87.6. The van der Waals surface area contributed by atoms with E-state index in [0.717, 1.165) is 40.3 Å². The number of allylic oxidation sites excluding steroid dienone is 4. The summed E-state index contributed by atoms with van der Waals surface area (Å²) in [6.45, 7) is 36.0. The van der Waals surface area contributed by atoms with Gasteiger partial charge in [-0.3, -0.25) is 0 Å². The van der Waals surface area contributed by atoms with Crippen molar-refractivity contribution in [3.63, 3.8) is 0 Å². The Kier molecular flexibility index (Phi) is 15.7. The molecule has 0 fully saturated rings. The van der Waals surface area contributed by atoms with Gasteiger partial charge in [-0.25, -0.2) is 0 Å². The molecule has 0 heterocycles. The molecule has 2 aliphatic rings. The summed E-state index contributed by atoms with van der Waals surface area (Å²) in [6, 6.07) is 20.6. The molecule has 0 radical (unpaired) electrons. The number of rotatable bonds is 6. The number of hydrogen-bond donors (Lipinski definition) is 0. The molecule has 0 saturated carbocycles. The van der Waals surface area contributed by atoms with Gasteiger partial charge in [0.15, 0.2) is 0 Å². The first-order chi connectivity index (χ1) is 28.6. The van der Waals surface area contributed by atoms with Crippen molar-refractivity contribution in [3.8, 4) is 11.1 Å². The zero-order valence-electron chi connectivity index (χ0n) is 41.2. The number of alkyl halides is 6. The first-order valence-corrected chi connectivity index (χ1v) is 26.4. The van der Waals surface area contributed by atoms with Crippen molar-refractivity contribution >= 4 is 3.21 Å². The van der Waals surface area contributed by atoms with Crippen LogP contribution in [0.1, 0.15) is 183 Å². The van der Waals surface area contributed by atoms with E-state index in [0.29, 0.717) is 11.1 Å². The number of halogens is 8. The van der Waals surface area contributed by atoms with Gasteiger partial charge >= 0.3 is 384 Å². The monoisotopic (exact) mass is 1010 g/mol. The third-order valence-corrected chi connectivity index (χ3v) is 21.4. The minimum atomic E-state index is -4.55. The summed E-state index contributed by atoms with van der Waals surface area (Å²) in [5, 5.41) is 0. The first-order valence-electron chi connectivity index (χ1n) is 22.6. The fraction of sp³-hybridized carbons (Fsp3) is 0.482. The van der Waals surface area contributed by atoms with Crippen molar-refractivity contribution in [2.24, 2.45) is 11.3 Å². The minimum Gasteiger partial charge on any atom is -1.00 e. The average Bonchev–Trinajstić information content (AvgIpc) is 3.70. The summed E-state index contributed by atoms with van der Waals surface area (Å²) in [5.41, 5.74) is 9.88. The maximum atomic E-state index is 14.3. The molecule has 0 bridgehead atoms. The van der Waals surface area contributed by atoms with Crippen molar-refractivity contribution in [2.45, 2.75) is 161 Å². The quantitative estimate of drug-likeness (QED) is 0.169. The van der Waals surface area contributed by atoms with Gasteiger partial charge in [0.05, 0.1) is 0 Å². The van der Waals surface area contributed by atoms with Gasteiger partial charge in [-0.05, 0) is 0 Å². The van der Waals surface area contributed by atoms with E-state index in [1.165, 1.54) is 53.4 Å². The molecule has 0 nitrogen and oxygen atoms in total. The van der Waals surface area contributed by atoms with Crippen LogP contribution in [0, 0.1) is 11.3 Å². The van der Waals surface area contributed by atoms with Gasteiger partial charge in [-0.1, -0.05) is 0 Å². The molecule has 6 rings (SSSR count). The second-order valence-electron chi connectivity index (χ2n) is 23.2. The van der Waals surface area contributed by atoms with Gasteiger partial charge in [0.2, 0.25) is 0 Å². The fourth-order valence-electron chi connectivity index (χ4n) is 9.65. The van der Waals surface area contributed by atoms with Crippen molar-refractivity contribution in [1.29, 1.82) is 0 Å². The third-order valence-electron chi connectivity index (χ3n) is 13.0. The van der Waals surface area contributed by atoms with Crippen LogP contribution in [0.5, 0.6) is 0 Å². The SMILES string of the molecule is CCCC1C=C(C(C)(C)C)C=[C]1[Zr+2](=[C](c1ccc(C(F)(F)F)cc1)c1ccc(C(F)(F)F)cc1)[CH]1c2cc(C(C)(C)C)c(C(C)(C)C)cc2-c2cc(C(C)(C)C)c(C(C)(C)C)cc21.[Cl-].[Cl-]. The van der Waals surface area contributed by atoms with Gasteiger partial charge in [-0.2, -0.15) is 0 Å². The Hall–Kier alpha value is -2.73. The summed E-state index contributed by atoms with van der Waals surface area (Å²) in [5.74, 6) is 0.0805. The molecular formula is C56H68Cl2F6Zr. The van der Waals surface area contributed by atoms with E-state index >= 15 is 0 Å². The maximum Gasteiger partial charge on any atom is -1.00 e. The van der Waals surface area contributed by atoms with Crippen LogP contribution < -0.4 is 24.8 Å². The Morgan fingerprint density at radius 2 is 0.831 bits per heavy atom. The number of hydrogen-bond acceptors (Lipinski definition) is 0. The van der Waals surface area contributed by atoms with Crippen molar-refractivity contribution in [3.05, 3.63) is 149 Å².